The van der Waals surface area contributed by atoms with E-state index < -0.39 is 0 Å². The summed E-state index contributed by atoms with van der Waals surface area (Å²) in [5.41, 5.74) is 4.80. The molecule has 1 aliphatic heterocycles. The van der Waals surface area contributed by atoms with Gasteiger partial charge in [0.2, 0.25) is 0 Å². The quantitative estimate of drug-likeness (QED) is 0.623. The van der Waals surface area contributed by atoms with Gasteiger partial charge in [0, 0.05) is 12.1 Å². The molecule has 2 heterocycles. The van der Waals surface area contributed by atoms with Gasteiger partial charge in [-0.05, 0) is 50.7 Å². The Hall–Kier alpha value is -2.60. The maximum atomic E-state index is 12.3. The normalized spacial score (nSPS) is 13.4. The van der Waals surface area contributed by atoms with Crippen LogP contribution in [0.1, 0.15) is 41.4 Å². The van der Waals surface area contributed by atoms with E-state index in [1.165, 1.54) is 5.56 Å². The minimum Gasteiger partial charge on any atom is -0.489 e. The maximum Gasteiger partial charge on any atom is 0.270 e. The summed E-state index contributed by atoms with van der Waals surface area (Å²) in [5, 5.41) is 7.31. The summed E-state index contributed by atoms with van der Waals surface area (Å²) in [7, 11) is 0. The van der Waals surface area contributed by atoms with Gasteiger partial charge in [-0.1, -0.05) is 50.2 Å². The average molecular weight is 440 g/mol. The molecule has 5 nitrogen and oxygen atoms in total. The van der Waals surface area contributed by atoms with Crippen molar-refractivity contribution in [1.82, 2.24) is 15.1 Å². The molecular weight excluding hydrogens is 418 g/mol. The van der Waals surface area contributed by atoms with Gasteiger partial charge >= 0.3 is 0 Å². The number of benzene rings is 2. The third-order valence-corrected chi connectivity index (χ3v) is 5.48. The zero-order valence-corrected chi connectivity index (χ0v) is 17.5. The van der Waals surface area contributed by atoms with E-state index in [0.29, 0.717) is 35.9 Å². The van der Waals surface area contributed by atoms with Crippen molar-refractivity contribution in [1.29, 1.82) is 0 Å². The number of ether oxygens (including phenoxy) is 1. The number of hydrogen-bond acceptors (Lipinski definition) is 3. The van der Waals surface area contributed by atoms with Crippen LogP contribution in [0.15, 0.2) is 53.1 Å². The highest BCUT2D eigenvalue weighted by atomic mass is 79.9. The Morgan fingerprint density at radius 1 is 1.14 bits per heavy atom. The van der Waals surface area contributed by atoms with Crippen LogP contribution in [0.3, 0.4) is 0 Å². The smallest absolute Gasteiger partial charge is 0.270 e. The molecule has 1 N–H and O–H groups in total. The second-order valence-electron chi connectivity index (χ2n) is 7.20. The SMILES string of the molecule is CC(C)c1ccc(COc2ccc(-c3c(Br)nn4c3C(=O)NCC4)cc2)cc1. The molecule has 0 saturated carbocycles. The van der Waals surface area contributed by atoms with Crippen LogP contribution in [-0.4, -0.2) is 22.2 Å². The Balaban J connectivity index is 1.49. The van der Waals surface area contributed by atoms with Gasteiger partial charge in [-0.25, -0.2) is 0 Å². The van der Waals surface area contributed by atoms with E-state index in [1.807, 2.05) is 24.3 Å². The summed E-state index contributed by atoms with van der Waals surface area (Å²) in [5.74, 6) is 1.22. The number of carbonyl (C=O) groups excluding carboxylic acids is 1. The average Bonchev–Trinajstić information content (AvgIpc) is 3.04. The first-order chi connectivity index (χ1) is 13.5. The number of nitrogens with one attached hydrogen (secondary N) is 1. The van der Waals surface area contributed by atoms with Crippen LogP contribution in [0.2, 0.25) is 0 Å². The third kappa shape index (κ3) is 3.69. The lowest BCUT2D eigenvalue weighted by atomic mass is 10.0. The molecule has 2 aromatic carbocycles. The van der Waals surface area contributed by atoms with Crippen LogP contribution >= 0.6 is 15.9 Å². The predicted molar refractivity (Wildman–Crippen MR) is 113 cm³/mol. The zero-order chi connectivity index (χ0) is 19.7. The second kappa shape index (κ2) is 7.80. The Kier molecular flexibility index (Phi) is 5.22. The fraction of sp³-hybridized carbons (Fsp3) is 0.273. The van der Waals surface area contributed by atoms with Crippen LogP contribution in [0.25, 0.3) is 11.1 Å². The predicted octanol–water partition coefficient (Wildman–Crippen LogP) is 4.76. The molecule has 1 amide bonds. The van der Waals surface area contributed by atoms with Crippen LogP contribution in [0, 0.1) is 0 Å². The molecular formula is C22H22BrN3O2. The third-order valence-electron chi connectivity index (χ3n) is 4.93. The number of hydrogen-bond donors (Lipinski definition) is 1. The van der Waals surface area contributed by atoms with Crippen LogP contribution in [0.4, 0.5) is 0 Å². The first-order valence-corrected chi connectivity index (χ1v) is 10.2. The molecule has 0 atom stereocenters. The van der Waals surface area contributed by atoms with Crippen molar-refractivity contribution in [3.05, 3.63) is 70.0 Å². The number of aromatic nitrogens is 2. The Bertz CT molecular complexity index is 992. The van der Waals surface area contributed by atoms with Gasteiger partial charge in [-0.15, -0.1) is 0 Å². The van der Waals surface area contributed by atoms with Gasteiger partial charge < -0.3 is 10.1 Å². The highest BCUT2D eigenvalue weighted by molar-refractivity contribution is 9.10. The van der Waals surface area contributed by atoms with Crippen molar-refractivity contribution in [2.75, 3.05) is 6.54 Å². The van der Waals surface area contributed by atoms with Crippen molar-refractivity contribution in [2.24, 2.45) is 0 Å². The summed E-state index contributed by atoms with van der Waals surface area (Å²) in [6, 6.07) is 16.3. The minimum absolute atomic E-state index is 0.0929. The minimum atomic E-state index is -0.0929. The Labute approximate surface area is 172 Å². The molecule has 0 fully saturated rings. The molecule has 0 spiro atoms. The Morgan fingerprint density at radius 3 is 2.54 bits per heavy atom. The topological polar surface area (TPSA) is 56.2 Å². The molecule has 1 aromatic heterocycles. The summed E-state index contributed by atoms with van der Waals surface area (Å²) in [6.45, 7) is 6.17. The second-order valence-corrected chi connectivity index (χ2v) is 7.95. The molecule has 3 aromatic rings. The van der Waals surface area contributed by atoms with Crippen molar-refractivity contribution < 1.29 is 9.53 Å². The summed E-state index contributed by atoms with van der Waals surface area (Å²) in [6.07, 6.45) is 0. The van der Waals surface area contributed by atoms with Crippen LogP contribution in [0.5, 0.6) is 5.75 Å². The first-order valence-electron chi connectivity index (χ1n) is 9.39. The molecule has 28 heavy (non-hydrogen) atoms. The molecule has 0 saturated heterocycles. The molecule has 1 aliphatic rings. The number of carbonyl (C=O) groups is 1. The molecule has 4 rings (SSSR count). The van der Waals surface area contributed by atoms with Gasteiger partial charge in [-0.3, -0.25) is 9.48 Å². The lowest BCUT2D eigenvalue weighted by Gasteiger charge is -2.15. The molecule has 0 bridgehead atoms. The monoisotopic (exact) mass is 439 g/mol. The summed E-state index contributed by atoms with van der Waals surface area (Å²) >= 11 is 3.49. The van der Waals surface area contributed by atoms with Gasteiger partial charge in [0.15, 0.2) is 0 Å². The van der Waals surface area contributed by atoms with E-state index in [4.69, 9.17) is 4.74 Å². The van der Waals surface area contributed by atoms with E-state index in [2.05, 4.69) is 64.5 Å². The molecule has 6 heteroatoms. The van der Waals surface area contributed by atoms with Crippen LogP contribution in [-0.2, 0) is 13.2 Å². The zero-order valence-electron chi connectivity index (χ0n) is 15.9. The van der Waals surface area contributed by atoms with Crippen molar-refractivity contribution in [2.45, 2.75) is 32.9 Å². The number of nitrogens with zero attached hydrogens (tertiary/aromatic N) is 2. The summed E-state index contributed by atoms with van der Waals surface area (Å²) < 4.78 is 8.35. The number of rotatable bonds is 5. The highest BCUT2D eigenvalue weighted by Gasteiger charge is 2.26. The number of fused-ring (bicyclic) bond motifs is 1. The number of halogens is 1. The van der Waals surface area contributed by atoms with Crippen molar-refractivity contribution in [3.63, 3.8) is 0 Å². The van der Waals surface area contributed by atoms with Crippen molar-refractivity contribution >= 4 is 21.8 Å². The fourth-order valence-corrected chi connectivity index (χ4v) is 3.93. The Morgan fingerprint density at radius 2 is 1.86 bits per heavy atom. The lowest BCUT2D eigenvalue weighted by molar-refractivity contribution is 0.0925. The lowest BCUT2D eigenvalue weighted by Crippen LogP contribution is -2.35. The van der Waals surface area contributed by atoms with Gasteiger partial charge in [-0.2, -0.15) is 5.10 Å². The highest BCUT2D eigenvalue weighted by Crippen LogP contribution is 2.33. The van der Waals surface area contributed by atoms with E-state index >= 15 is 0 Å². The van der Waals surface area contributed by atoms with E-state index in [1.54, 1.807) is 4.68 Å². The largest absolute Gasteiger partial charge is 0.489 e. The van der Waals surface area contributed by atoms with E-state index in [0.717, 1.165) is 22.4 Å². The van der Waals surface area contributed by atoms with Gasteiger partial charge in [0.05, 0.1) is 6.54 Å². The fourth-order valence-electron chi connectivity index (χ4n) is 3.32. The van der Waals surface area contributed by atoms with Gasteiger partial charge in [0.1, 0.15) is 22.7 Å². The molecule has 0 unspecified atom stereocenters. The summed E-state index contributed by atoms with van der Waals surface area (Å²) in [4.78, 5) is 12.3. The standard InChI is InChI=1S/C22H22BrN3O2/c1-14(2)16-5-3-15(4-6-16)13-28-18-9-7-17(8-10-18)19-20-22(27)24-11-12-26(20)25-21(19)23/h3-10,14H,11-13H2,1-2H3,(H,24,27). The first kappa shape index (κ1) is 18.7. The molecule has 144 valence electrons. The van der Waals surface area contributed by atoms with Gasteiger partial charge in [0.25, 0.3) is 5.91 Å². The van der Waals surface area contributed by atoms with E-state index in [9.17, 15) is 4.79 Å². The number of amides is 1. The molecule has 0 radical (unpaired) electrons. The maximum absolute atomic E-state index is 12.3. The molecule has 0 aliphatic carbocycles. The van der Waals surface area contributed by atoms with E-state index in [-0.39, 0.29) is 5.91 Å². The van der Waals surface area contributed by atoms with Crippen molar-refractivity contribution in [3.8, 4) is 16.9 Å². The van der Waals surface area contributed by atoms with Crippen LogP contribution < -0.4 is 10.1 Å².